The molecule has 0 saturated heterocycles. The summed E-state index contributed by atoms with van der Waals surface area (Å²) in [6.45, 7) is 5.36. The maximum absolute atomic E-state index is 12.7. The lowest BCUT2D eigenvalue weighted by Crippen LogP contribution is -2.47. The lowest BCUT2D eigenvalue weighted by atomic mass is 10.0. The second-order valence-electron chi connectivity index (χ2n) is 7.07. The molecule has 0 fully saturated rings. The highest BCUT2D eigenvalue weighted by Crippen LogP contribution is 2.35. The number of benzene rings is 2. The number of carbonyl (C=O) groups is 3. The topological polar surface area (TPSA) is 75.7 Å². The Bertz CT molecular complexity index is 973. The summed E-state index contributed by atoms with van der Waals surface area (Å²) in [6, 6.07) is 10.6. The average molecular weight is 459 g/mol. The summed E-state index contributed by atoms with van der Waals surface area (Å²) in [4.78, 5) is 39.0. The Morgan fingerprint density at radius 1 is 1.21 bits per heavy atom. The van der Waals surface area contributed by atoms with Crippen molar-refractivity contribution in [2.24, 2.45) is 0 Å². The van der Waals surface area contributed by atoms with Crippen LogP contribution < -0.4 is 15.0 Å². The van der Waals surface area contributed by atoms with Crippen molar-refractivity contribution in [2.75, 3.05) is 16.8 Å². The van der Waals surface area contributed by atoms with Crippen LogP contribution in [0.4, 0.5) is 11.4 Å². The van der Waals surface area contributed by atoms with Gasteiger partial charge in [0.15, 0.2) is 11.9 Å². The molecule has 152 valence electrons. The van der Waals surface area contributed by atoms with E-state index in [1.165, 1.54) is 4.90 Å². The molecular formula is C22H23BrN2O4. The minimum Gasteiger partial charge on any atom is -0.479 e. The fourth-order valence-electron chi connectivity index (χ4n) is 3.17. The molecule has 0 aliphatic carbocycles. The van der Waals surface area contributed by atoms with E-state index < -0.39 is 6.10 Å². The second kappa shape index (κ2) is 8.78. The van der Waals surface area contributed by atoms with Crippen LogP contribution in [0.25, 0.3) is 0 Å². The zero-order chi connectivity index (χ0) is 21.1. The molecule has 29 heavy (non-hydrogen) atoms. The van der Waals surface area contributed by atoms with Gasteiger partial charge < -0.3 is 10.1 Å². The molecule has 0 aromatic heterocycles. The molecule has 1 unspecified atom stereocenters. The lowest BCUT2D eigenvalue weighted by Gasteiger charge is -2.33. The maximum Gasteiger partial charge on any atom is 0.268 e. The first-order chi connectivity index (χ1) is 13.8. The molecule has 1 N–H and O–H groups in total. The zero-order valence-electron chi connectivity index (χ0n) is 16.6. The quantitative estimate of drug-likeness (QED) is 0.646. The Labute approximate surface area is 178 Å². The standard InChI is InChI=1S/C22H23BrN2O4/c1-4-5-19(26)15-7-9-20-18(11-15)25(22(28)14(3)29-20)12-21(27)24-17-8-6-13(2)10-16(17)23/h6-11,14H,4-5,12H2,1-3H3,(H,24,27). The van der Waals surface area contributed by atoms with Crippen LogP contribution in [-0.4, -0.2) is 30.2 Å². The van der Waals surface area contributed by atoms with Gasteiger partial charge in [-0.05, 0) is 72.1 Å². The Morgan fingerprint density at radius 2 is 1.97 bits per heavy atom. The van der Waals surface area contributed by atoms with Crippen LogP contribution in [0.5, 0.6) is 5.75 Å². The molecule has 3 rings (SSSR count). The summed E-state index contributed by atoms with van der Waals surface area (Å²) in [7, 11) is 0. The third kappa shape index (κ3) is 4.67. The van der Waals surface area contributed by atoms with E-state index in [1.807, 2.05) is 26.0 Å². The molecule has 0 saturated carbocycles. The normalized spacial score (nSPS) is 15.5. The monoisotopic (exact) mass is 458 g/mol. The Kier molecular flexibility index (Phi) is 6.37. The summed E-state index contributed by atoms with van der Waals surface area (Å²) in [6.07, 6.45) is 0.449. The van der Waals surface area contributed by atoms with Crippen LogP contribution in [-0.2, 0) is 9.59 Å². The number of ketones is 1. The Balaban J connectivity index is 1.86. The number of nitrogens with one attached hydrogen (secondary N) is 1. The van der Waals surface area contributed by atoms with E-state index in [0.29, 0.717) is 29.1 Å². The van der Waals surface area contributed by atoms with Crippen molar-refractivity contribution in [3.05, 3.63) is 52.0 Å². The van der Waals surface area contributed by atoms with Crippen LogP contribution >= 0.6 is 15.9 Å². The summed E-state index contributed by atoms with van der Waals surface area (Å²) < 4.78 is 6.42. The average Bonchev–Trinajstić information content (AvgIpc) is 2.67. The molecule has 2 amide bonds. The lowest BCUT2D eigenvalue weighted by molar-refractivity contribution is -0.127. The van der Waals surface area contributed by atoms with Crippen LogP contribution in [0, 0.1) is 6.92 Å². The van der Waals surface area contributed by atoms with Crippen molar-refractivity contribution in [2.45, 2.75) is 39.7 Å². The van der Waals surface area contributed by atoms with E-state index in [-0.39, 0.29) is 24.1 Å². The number of fused-ring (bicyclic) bond motifs is 1. The molecule has 0 radical (unpaired) electrons. The number of halogens is 1. The number of amides is 2. The molecule has 2 aromatic rings. The number of Topliss-reactive ketones (excluding diaryl/α,β-unsaturated/α-hetero) is 1. The second-order valence-corrected chi connectivity index (χ2v) is 7.93. The van der Waals surface area contributed by atoms with E-state index in [4.69, 9.17) is 4.74 Å². The summed E-state index contributed by atoms with van der Waals surface area (Å²) >= 11 is 3.44. The first kappa shape index (κ1) is 21.0. The van der Waals surface area contributed by atoms with Crippen molar-refractivity contribution >= 4 is 44.9 Å². The van der Waals surface area contributed by atoms with Gasteiger partial charge in [-0.3, -0.25) is 19.3 Å². The number of ether oxygens (including phenoxy) is 1. The van der Waals surface area contributed by atoms with E-state index in [0.717, 1.165) is 16.5 Å². The third-order valence-corrected chi connectivity index (χ3v) is 5.32. The minimum absolute atomic E-state index is 0.00522. The fraction of sp³-hybridized carbons (Fsp3) is 0.318. The van der Waals surface area contributed by atoms with Gasteiger partial charge in [0, 0.05) is 16.5 Å². The van der Waals surface area contributed by atoms with Gasteiger partial charge in [0.05, 0.1) is 11.4 Å². The largest absolute Gasteiger partial charge is 0.479 e. The van der Waals surface area contributed by atoms with Gasteiger partial charge in [0.25, 0.3) is 5.91 Å². The molecule has 1 aliphatic heterocycles. The molecule has 7 heteroatoms. The van der Waals surface area contributed by atoms with Crippen LogP contribution in [0.15, 0.2) is 40.9 Å². The summed E-state index contributed by atoms with van der Waals surface area (Å²) in [5, 5.41) is 2.82. The fourth-order valence-corrected chi connectivity index (χ4v) is 3.76. The van der Waals surface area contributed by atoms with E-state index >= 15 is 0 Å². The van der Waals surface area contributed by atoms with Crippen molar-refractivity contribution in [3.63, 3.8) is 0 Å². The van der Waals surface area contributed by atoms with Crippen molar-refractivity contribution in [1.29, 1.82) is 0 Å². The van der Waals surface area contributed by atoms with Crippen LogP contribution in [0.3, 0.4) is 0 Å². The number of nitrogens with zero attached hydrogens (tertiary/aromatic N) is 1. The smallest absolute Gasteiger partial charge is 0.268 e. The maximum atomic E-state index is 12.7. The molecule has 1 aliphatic rings. The molecule has 1 atom stereocenters. The minimum atomic E-state index is -0.710. The van der Waals surface area contributed by atoms with Crippen molar-refractivity contribution in [1.82, 2.24) is 0 Å². The number of rotatable bonds is 6. The Hall–Kier alpha value is -2.67. The number of anilines is 2. The van der Waals surface area contributed by atoms with Crippen molar-refractivity contribution in [3.8, 4) is 5.75 Å². The number of aryl methyl sites for hydroxylation is 1. The molecular weight excluding hydrogens is 436 g/mol. The first-order valence-electron chi connectivity index (χ1n) is 9.51. The number of hydrogen-bond donors (Lipinski definition) is 1. The van der Waals surface area contributed by atoms with E-state index in [1.54, 1.807) is 31.2 Å². The van der Waals surface area contributed by atoms with Gasteiger partial charge >= 0.3 is 0 Å². The van der Waals surface area contributed by atoms with Crippen LogP contribution in [0.1, 0.15) is 42.6 Å². The molecule has 1 heterocycles. The highest BCUT2D eigenvalue weighted by atomic mass is 79.9. The first-order valence-corrected chi connectivity index (χ1v) is 10.3. The van der Waals surface area contributed by atoms with Gasteiger partial charge in [0.1, 0.15) is 12.3 Å². The highest BCUT2D eigenvalue weighted by Gasteiger charge is 2.33. The highest BCUT2D eigenvalue weighted by molar-refractivity contribution is 9.10. The van der Waals surface area contributed by atoms with Gasteiger partial charge in [-0.25, -0.2) is 0 Å². The molecule has 2 aromatic carbocycles. The predicted octanol–water partition coefficient (Wildman–Crippen LogP) is 4.49. The summed E-state index contributed by atoms with van der Waals surface area (Å²) in [5.41, 5.74) is 2.63. The van der Waals surface area contributed by atoms with Gasteiger partial charge in [0.2, 0.25) is 5.91 Å². The molecule has 0 bridgehead atoms. The van der Waals surface area contributed by atoms with E-state index in [2.05, 4.69) is 21.2 Å². The zero-order valence-corrected chi connectivity index (χ0v) is 18.2. The predicted molar refractivity (Wildman–Crippen MR) is 116 cm³/mol. The van der Waals surface area contributed by atoms with Gasteiger partial charge in [-0.1, -0.05) is 13.0 Å². The Morgan fingerprint density at radius 3 is 2.66 bits per heavy atom. The number of hydrogen-bond acceptors (Lipinski definition) is 4. The van der Waals surface area contributed by atoms with Gasteiger partial charge in [-0.2, -0.15) is 0 Å². The van der Waals surface area contributed by atoms with Gasteiger partial charge in [-0.15, -0.1) is 0 Å². The number of carbonyl (C=O) groups excluding carboxylic acids is 3. The third-order valence-electron chi connectivity index (χ3n) is 4.67. The van der Waals surface area contributed by atoms with Crippen molar-refractivity contribution < 1.29 is 19.1 Å². The molecule has 0 spiro atoms. The summed E-state index contributed by atoms with van der Waals surface area (Å²) in [5.74, 6) is -0.187. The molecule has 6 nitrogen and oxygen atoms in total. The SMILES string of the molecule is CCCC(=O)c1ccc2c(c1)N(CC(=O)Nc1ccc(C)cc1Br)C(=O)C(C)O2. The van der Waals surface area contributed by atoms with E-state index in [9.17, 15) is 14.4 Å². The van der Waals surface area contributed by atoms with Crippen LogP contribution in [0.2, 0.25) is 0 Å².